The second-order valence-electron chi connectivity index (χ2n) is 7.22. The Kier molecular flexibility index (Phi) is 4.99. The zero-order valence-corrected chi connectivity index (χ0v) is 15.2. The summed E-state index contributed by atoms with van der Waals surface area (Å²) in [6.07, 6.45) is 0.758. The van der Waals surface area contributed by atoms with Crippen molar-refractivity contribution in [3.63, 3.8) is 0 Å². The highest BCUT2D eigenvalue weighted by Crippen LogP contribution is 2.54. The molecule has 1 aliphatic carbocycles. The van der Waals surface area contributed by atoms with Crippen LogP contribution in [0.4, 0.5) is 8.78 Å². The van der Waals surface area contributed by atoms with Crippen LogP contribution in [0.3, 0.4) is 0 Å². The number of aryl methyl sites for hydroxylation is 2. The van der Waals surface area contributed by atoms with Gasteiger partial charge in [-0.05, 0) is 49.4 Å². The van der Waals surface area contributed by atoms with Crippen LogP contribution in [-0.2, 0) is 10.2 Å². The van der Waals surface area contributed by atoms with E-state index in [2.05, 4.69) is 5.32 Å². The fourth-order valence-corrected chi connectivity index (χ4v) is 3.51. The van der Waals surface area contributed by atoms with Gasteiger partial charge in [-0.2, -0.15) is 0 Å². The Morgan fingerprint density at radius 3 is 2.58 bits per heavy atom. The summed E-state index contributed by atoms with van der Waals surface area (Å²) in [6.45, 7) is 6.14. The second-order valence-corrected chi connectivity index (χ2v) is 7.22. The highest BCUT2D eigenvalue weighted by Gasteiger charge is 2.53. The Morgan fingerprint density at radius 2 is 1.96 bits per heavy atom. The van der Waals surface area contributed by atoms with Crippen molar-refractivity contribution >= 4 is 5.91 Å². The van der Waals surface area contributed by atoms with Gasteiger partial charge in [-0.25, -0.2) is 8.78 Å². The molecule has 1 saturated carbocycles. The molecular formula is C21H23F2NO2. The molecule has 1 N–H and O–H groups in total. The minimum atomic E-state index is -0.597. The van der Waals surface area contributed by atoms with Gasteiger partial charge in [0.15, 0.2) is 6.61 Å². The minimum absolute atomic E-state index is 0.0970. The van der Waals surface area contributed by atoms with Crippen LogP contribution in [0.1, 0.15) is 30.0 Å². The number of carbonyl (C=O) groups excluding carboxylic acids is 1. The third kappa shape index (κ3) is 3.71. The number of hydrogen-bond donors (Lipinski definition) is 1. The van der Waals surface area contributed by atoms with Gasteiger partial charge in [-0.3, -0.25) is 4.79 Å². The maximum absolute atomic E-state index is 14.2. The van der Waals surface area contributed by atoms with Crippen molar-refractivity contribution in [3.05, 3.63) is 64.7 Å². The summed E-state index contributed by atoms with van der Waals surface area (Å²) in [6, 6.07) is 9.40. The van der Waals surface area contributed by atoms with Crippen LogP contribution in [0, 0.1) is 31.4 Å². The lowest BCUT2D eigenvalue weighted by atomic mass is 9.92. The van der Waals surface area contributed by atoms with E-state index < -0.39 is 17.0 Å². The summed E-state index contributed by atoms with van der Waals surface area (Å²) in [7, 11) is 0. The molecule has 2 aromatic rings. The van der Waals surface area contributed by atoms with Crippen molar-refractivity contribution in [1.82, 2.24) is 5.32 Å². The first kappa shape index (κ1) is 18.4. The normalized spacial score (nSPS) is 21.3. The molecule has 138 valence electrons. The zero-order chi connectivity index (χ0) is 18.9. The van der Waals surface area contributed by atoms with Crippen LogP contribution in [0.25, 0.3) is 0 Å². The molecule has 0 spiro atoms. The third-order valence-corrected chi connectivity index (χ3v) is 5.21. The maximum atomic E-state index is 14.2. The Hall–Kier alpha value is -2.43. The first-order valence-electron chi connectivity index (χ1n) is 8.74. The summed E-state index contributed by atoms with van der Waals surface area (Å²) < 4.78 is 32.9. The van der Waals surface area contributed by atoms with Crippen LogP contribution in [0.2, 0.25) is 0 Å². The van der Waals surface area contributed by atoms with E-state index in [1.807, 2.05) is 39.0 Å². The van der Waals surface area contributed by atoms with E-state index in [0.29, 0.717) is 17.9 Å². The largest absolute Gasteiger partial charge is 0.484 e. The van der Waals surface area contributed by atoms with E-state index >= 15 is 0 Å². The zero-order valence-electron chi connectivity index (χ0n) is 15.2. The van der Waals surface area contributed by atoms with Crippen LogP contribution in [0.5, 0.6) is 5.75 Å². The lowest BCUT2D eigenvalue weighted by molar-refractivity contribution is -0.123. The molecule has 0 heterocycles. The van der Waals surface area contributed by atoms with Crippen LogP contribution in [-0.4, -0.2) is 19.1 Å². The number of hydrogen-bond acceptors (Lipinski definition) is 2. The van der Waals surface area contributed by atoms with Gasteiger partial charge in [-0.1, -0.05) is 30.7 Å². The SMILES string of the molecule is Cc1ccc(OCC(=O)NCC2(c3ccc(F)cc3F)CC2C)c(C)c1. The molecule has 3 rings (SSSR count). The molecule has 0 aromatic heterocycles. The summed E-state index contributed by atoms with van der Waals surface area (Å²) in [5.41, 5.74) is 2.10. The van der Waals surface area contributed by atoms with Gasteiger partial charge in [-0.15, -0.1) is 0 Å². The van der Waals surface area contributed by atoms with Crippen molar-refractivity contribution in [2.45, 2.75) is 32.6 Å². The molecule has 1 aliphatic rings. The van der Waals surface area contributed by atoms with Crippen molar-refractivity contribution < 1.29 is 18.3 Å². The Bertz CT molecular complexity index is 837. The summed E-state index contributed by atoms with van der Waals surface area (Å²) >= 11 is 0. The molecule has 2 aromatic carbocycles. The van der Waals surface area contributed by atoms with Gasteiger partial charge in [0.05, 0.1) is 0 Å². The van der Waals surface area contributed by atoms with Crippen molar-refractivity contribution in [2.75, 3.05) is 13.2 Å². The van der Waals surface area contributed by atoms with Gasteiger partial charge in [0, 0.05) is 18.0 Å². The molecule has 2 atom stereocenters. The van der Waals surface area contributed by atoms with E-state index in [1.165, 1.54) is 12.1 Å². The number of carbonyl (C=O) groups is 1. The van der Waals surface area contributed by atoms with Gasteiger partial charge < -0.3 is 10.1 Å². The summed E-state index contributed by atoms with van der Waals surface area (Å²) in [4.78, 5) is 12.2. The van der Waals surface area contributed by atoms with Gasteiger partial charge in [0.1, 0.15) is 17.4 Å². The smallest absolute Gasteiger partial charge is 0.257 e. The average Bonchev–Trinajstić information content (AvgIpc) is 3.23. The minimum Gasteiger partial charge on any atom is -0.484 e. The van der Waals surface area contributed by atoms with E-state index in [9.17, 15) is 13.6 Å². The van der Waals surface area contributed by atoms with E-state index in [-0.39, 0.29) is 18.4 Å². The molecule has 0 radical (unpaired) electrons. The van der Waals surface area contributed by atoms with Crippen LogP contribution >= 0.6 is 0 Å². The third-order valence-electron chi connectivity index (χ3n) is 5.21. The van der Waals surface area contributed by atoms with E-state index in [4.69, 9.17) is 4.74 Å². The van der Waals surface area contributed by atoms with E-state index in [1.54, 1.807) is 0 Å². The molecule has 0 bridgehead atoms. The van der Waals surface area contributed by atoms with Crippen molar-refractivity contribution in [1.29, 1.82) is 0 Å². The first-order valence-corrected chi connectivity index (χ1v) is 8.74. The highest BCUT2D eigenvalue weighted by molar-refractivity contribution is 5.77. The summed E-state index contributed by atoms with van der Waals surface area (Å²) in [5, 5.41) is 2.83. The number of benzene rings is 2. The first-order chi connectivity index (χ1) is 12.3. The molecule has 5 heteroatoms. The predicted octanol–water partition coefficient (Wildman–Crippen LogP) is 4.05. The lowest BCUT2D eigenvalue weighted by Crippen LogP contribution is -2.36. The number of ether oxygens (including phenoxy) is 1. The summed E-state index contributed by atoms with van der Waals surface area (Å²) in [5.74, 6) is -0.519. The van der Waals surface area contributed by atoms with Gasteiger partial charge in [0.25, 0.3) is 5.91 Å². The number of amides is 1. The molecule has 1 fully saturated rings. The van der Waals surface area contributed by atoms with E-state index in [0.717, 1.165) is 23.6 Å². The van der Waals surface area contributed by atoms with Crippen LogP contribution < -0.4 is 10.1 Å². The lowest BCUT2D eigenvalue weighted by Gasteiger charge is -2.19. The topological polar surface area (TPSA) is 38.3 Å². The maximum Gasteiger partial charge on any atom is 0.257 e. The van der Waals surface area contributed by atoms with Crippen molar-refractivity contribution in [3.8, 4) is 5.75 Å². The fraction of sp³-hybridized carbons (Fsp3) is 0.381. The highest BCUT2D eigenvalue weighted by atomic mass is 19.1. The second kappa shape index (κ2) is 7.06. The Morgan fingerprint density at radius 1 is 1.23 bits per heavy atom. The quantitative estimate of drug-likeness (QED) is 0.845. The monoisotopic (exact) mass is 359 g/mol. The predicted molar refractivity (Wildman–Crippen MR) is 96.2 cm³/mol. The molecule has 1 amide bonds. The molecular weight excluding hydrogens is 336 g/mol. The number of nitrogens with one attached hydrogen (secondary N) is 1. The van der Waals surface area contributed by atoms with Crippen LogP contribution in [0.15, 0.2) is 36.4 Å². The van der Waals surface area contributed by atoms with Gasteiger partial charge in [0.2, 0.25) is 0 Å². The Balaban J connectivity index is 1.59. The van der Waals surface area contributed by atoms with Gasteiger partial charge >= 0.3 is 0 Å². The standard InChI is InChI=1S/C21H23F2NO2/c1-13-4-7-19(14(2)8-13)26-11-20(25)24-12-21(10-15(21)3)17-6-5-16(22)9-18(17)23/h4-9,15H,10-12H2,1-3H3,(H,24,25). The molecule has 3 nitrogen and oxygen atoms in total. The Labute approximate surface area is 152 Å². The molecule has 26 heavy (non-hydrogen) atoms. The number of halogens is 2. The average molecular weight is 359 g/mol. The fourth-order valence-electron chi connectivity index (χ4n) is 3.51. The number of rotatable bonds is 6. The van der Waals surface area contributed by atoms with Crippen molar-refractivity contribution in [2.24, 2.45) is 5.92 Å². The molecule has 2 unspecified atom stereocenters. The molecule has 0 saturated heterocycles. The molecule has 0 aliphatic heterocycles.